The van der Waals surface area contributed by atoms with Crippen molar-refractivity contribution in [2.24, 2.45) is 0 Å². The predicted octanol–water partition coefficient (Wildman–Crippen LogP) is 5.08. The molecular weight excluding hydrogens is 280 g/mol. The van der Waals surface area contributed by atoms with E-state index in [9.17, 15) is 5.11 Å². The number of hydrogen-bond donors (Lipinski definition) is 1. The molecule has 1 atom stereocenters. The molecule has 0 aliphatic carbocycles. The second-order valence-electron chi connectivity index (χ2n) is 5.43. The van der Waals surface area contributed by atoms with Gasteiger partial charge in [-0.05, 0) is 40.5 Å². The highest BCUT2D eigenvalue weighted by Gasteiger charge is 2.12. The van der Waals surface area contributed by atoms with Gasteiger partial charge in [0.25, 0.3) is 0 Å². The maximum Gasteiger partial charge on any atom is 0.0844 e. The quantitative estimate of drug-likeness (QED) is 0.715. The van der Waals surface area contributed by atoms with Crippen LogP contribution in [-0.4, -0.2) is 5.11 Å². The van der Waals surface area contributed by atoms with Crippen LogP contribution >= 0.6 is 11.6 Å². The number of aliphatic hydroxyl groups is 1. The second-order valence-corrected chi connectivity index (χ2v) is 5.83. The molecule has 0 aromatic heterocycles. The van der Waals surface area contributed by atoms with Crippen LogP contribution < -0.4 is 0 Å². The maximum atomic E-state index is 10.4. The van der Waals surface area contributed by atoms with Gasteiger partial charge in [-0.25, -0.2) is 0 Å². The summed E-state index contributed by atoms with van der Waals surface area (Å²) in [5.74, 6) is 0. The highest BCUT2D eigenvalue weighted by Crippen LogP contribution is 2.27. The van der Waals surface area contributed by atoms with Crippen LogP contribution in [-0.2, 0) is 6.42 Å². The number of rotatable bonds is 3. The third-order valence-electron chi connectivity index (χ3n) is 3.76. The Morgan fingerprint density at radius 3 is 2.48 bits per heavy atom. The Morgan fingerprint density at radius 1 is 0.952 bits per heavy atom. The summed E-state index contributed by atoms with van der Waals surface area (Å²) in [4.78, 5) is 0. The smallest absolute Gasteiger partial charge is 0.0844 e. The number of aliphatic hydroxyl groups excluding tert-OH is 1. The molecule has 0 saturated carbocycles. The van der Waals surface area contributed by atoms with E-state index in [1.807, 2.05) is 37.3 Å². The highest BCUT2D eigenvalue weighted by molar-refractivity contribution is 6.31. The third-order valence-corrected chi connectivity index (χ3v) is 4.09. The fourth-order valence-electron chi connectivity index (χ4n) is 2.60. The van der Waals surface area contributed by atoms with Gasteiger partial charge in [0, 0.05) is 11.4 Å². The van der Waals surface area contributed by atoms with Crippen molar-refractivity contribution in [2.45, 2.75) is 19.4 Å². The molecule has 21 heavy (non-hydrogen) atoms. The number of aryl methyl sites for hydroxylation is 1. The van der Waals surface area contributed by atoms with Crippen LogP contribution in [0.1, 0.15) is 22.8 Å². The minimum atomic E-state index is -0.584. The number of fused-ring (bicyclic) bond motifs is 1. The van der Waals surface area contributed by atoms with Crippen LogP contribution in [0.4, 0.5) is 0 Å². The predicted molar refractivity (Wildman–Crippen MR) is 88.8 cm³/mol. The fourth-order valence-corrected chi connectivity index (χ4v) is 2.96. The summed E-state index contributed by atoms with van der Waals surface area (Å²) in [6.45, 7) is 1.99. The van der Waals surface area contributed by atoms with Crippen molar-refractivity contribution in [1.29, 1.82) is 0 Å². The summed E-state index contributed by atoms with van der Waals surface area (Å²) >= 11 is 6.23. The van der Waals surface area contributed by atoms with Gasteiger partial charge in [0.15, 0.2) is 0 Å². The Balaban J connectivity index is 1.87. The molecule has 3 aromatic carbocycles. The van der Waals surface area contributed by atoms with Crippen molar-refractivity contribution in [3.63, 3.8) is 0 Å². The molecule has 1 N–H and O–H groups in total. The topological polar surface area (TPSA) is 20.2 Å². The second kappa shape index (κ2) is 5.88. The van der Waals surface area contributed by atoms with Crippen LogP contribution in [0.15, 0.2) is 60.7 Å². The van der Waals surface area contributed by atoms with Crippen LogP contribution in [0.3, 0.4) is 0 Å². The lowest BCUT2D eigenvalue weighted by molar-refractivity contribution is 0.178. The molecule has 0 amide bonds. The first kappa shape index (κ1) is 14.1. The Kier molecular flexibility index (Phi) is 3.96. The lowest BCUT2D eigenvalue weighted by Gasteiger charge is -2.14. The number of benzene rings is 3. The van der Waals surface area contributed by atoms with Crippen molar-refractivity contribution >= 4 is 22.4 Å². The minimum absolute atomic E-state index is 0.563. The van der Waals surface area contributed by atoms with E-state index in [4.69, 9.17) is 11.6 Å². The number of hydrogen-bond acceptors (Lipinski definition) is 1. The SMILES string of the molecule is Cc1ccc(C(O)Cc2ccc3ccccc3c2)c(Cl)c1. The largest absolute Gasteiger partial charge is 0.388 e. The van der Waals surface area contributed by atoms with Gasteiger partial charge >= 0.3 is 0 Å². The molecule has 0 spiro atoms. The van der Waals surface area contributed by atoms with Gasteiger partial charge in [-0.15, -0.1) is 0 Å². The molecule has 1 unspecified atom stereocenters. The van der Waals surface area contributed by atoms with E-state index in [1.54, 1.807) is 0 Å². The van der Waals surface area contributed by atoms with E-state index >= 15 is 0 Å². The Hall–Kier alpha value is -1.83. The summed E-state index contributed by atoms with van der Waals surface area (Å²) in [6.07, 6.45) is -0.0209. The molecule has 0 aliphatic heterocycles. The molecule has 0 radical (unpaired) electrons. The van der Waals surface area contributed by atoms with Gasteiger partial charge in [-0.2, -0.15) is 0 Å². The van der Waals surface area contributed by atoms with E-state index in [1.165, 1.54) is 10.8 Å². The molecule has 1 nitrogen and oxygen atoms in total. The molecule has 3 rings (SSSR count). The average Bonchev–Trinajstić information content (AvgIpc) is 2.47. The van der Waals surface area contributed by atoms with Crippen molar-refractivity contribution in [3.8, 4) is 0 Å². The Bertz CT molecular complexity index is 779. The molecule has 106 valence electrons. The van der Waals surface area contributed by atoms with Crippen molar-refractivity contribution in [3.05, 3.63) is 82.4 Å². The molecule has 0 fully saturated rings. The molecule has 0 heterocycles. The fraction of sp³-hybridized carbons (Fsp3) is 0.158. The van der Waals surface area contributed by atoms with Crippen LogP contribution in [0.2, 0.25) is 5.02 Å². The Labute approximate surface area is 129 Å². The van der Waals surface area contributed by atoms with Crippen LogP contribution in [0.25, 0.3) is 10.8 Å². The summed E-state index contributed by atoms with van der Waals surface area (Å²) in [5.41, 5.74) is 3.00. The molecular formula is C19H17ClO. The first-order valence-corrected chi connectivity index (χ1v) is 7.43. The molecule has 0 saturated heterocycles. The van der Waals surface area contributed by atoms with Gasteiger partial charge in [0.05, 0.1) is 6.10 Å². The van der Waals surface area contributed by atoms with Crippen LogP contribution in [0.5, 0.6) is 0 Å². The average molecular weight is 297 g/mol. The highest BCUT2D eigenvalue weighted by atomic mass is 35.5. The Morgan fingerprint density at radius 2 is 1.71 bits per heavy atom. The molecule has 3 aromatic rings. The van der Waals surface area contributed by atoms with Crippen molar-refractivity contribution in [2.75, 3.05) is 0 Å². The first-order chi connectivity index (χ1) is 10.1. The standard InChI is InChI=1S/C19H17ClO/c1-13-6-9-17(18(20)10-13)19(21)12-14-7-8-15-4-2-3-5-16(15)11-14/h2-11,19,21H,12H2,1H3. The number of halogens is 1. The minimum Gasteiger partial charge on any atom is -0.388 e. The third kappa shape index (κ3) is 3.10. The lowest BCUT2D eigenvalue weighted by Crippen LogP contribution is -2.02. The lowest BCUT2D eigenvalue weighted by atomic mass is 9.98. The molecule has 0 aliphatic rings. The summed E-state index contributed by atoms with van der Waals surface area (Å²) < 4.78 is 0. The van der Waals surface area contributed by atoms with Gasteiger partial charge in [0.1, 0.15) is 0 Å². The zero-order valence-electron chi connectivity index (χ0n) is 11.9. The van der Waals surface area contributed by atoms with E-state index in [-0.39, 0.29) is 0 Å². The summed E-state index contributed by atoms with van der Waals surface area (Å²) in [7, 11) is 0. The maximum absolute atomic E-state index is 10.4. The van der Waals surface area contributed by atoms with Crippen molar-refractivity contribution in [1.82, 2.24) is 0 Å². The molecule has 2 heteroatoms. The normalized spacial score (nSPS) is 12.5. The van der Waals surface area contributed by atoms with Gasteiger partial charge < -0.3 is 5.11 Å². The van der Waals surface area contributed by atoms with E-state index in [2.05, 4.69) is 30.3 Å². The van der Waals surface area contributed by atoms with Gasteiger partial charge in [-0.1, -0.05) is 66.2 Å². The van der Waals surface area contributed by atoms with E-state index in [0.717, 1.165) is 16.7 Å². The summed E-state index contributed by atoms with van der Waals surface area (Å²) in [6, 6.07) is 20.3. The van der Waals surface area contributed by atoms with Crippen molar-refractivity contribution < 1.29 is 5.11 Å². The monoisotopic (exact) mass is 296 g/mol. The van der Waals surface area contributed by atoms with Gasteiger partial charge in [0.2, 0.25) is 0 Å². The molecule has 0 bridgehead atoms. The van der Waals surface area contributed by atoms with E-state index < -0.39 is 6.10 Å². The van der Waals surface area contributed by atoms with Gasteiger partial charge in [-0.3, -0.25) is 0 Å². The summed E-state index contributed by atoms with van der Waals surface area (Å²) in [5, 5.41) is 13.5. The first-order valence-electron chi connectivity index (χ1n) is 7.05. The zero-order chi connectivity index (χ0) is 14.8. The van der Waals surface area contributed by atoms with Crippen LogP contribution in [0, 0.1) is 6.92 Å². The zero-order valence-corrected chi connectivity index (χ0v) is 12.6. The van der Waals surface area contributed by atoms with E-state index in [0.29, 0.717) is 11.4 Å².